The molecule has 1 fully saturated rings. The van der Waals surface area contributed by atoms with E-state index in [1.807, 2.05) is 31.2 Å². The minimum Gasteiger partial charge on any atom is -0.464 e. The Morgan fingerprint density at radius 3 is 2.67 bits per heavy atom. The van der Waals surface area contributed by atoms with Crippen LogP contribution in [0.3, 0.4) is 0 Å². The second-order valence-electron chi connectivity index (χ2n) is 5.98. The summed E-state index contributed by atoms with van der Waals surface area (Å²) in [5, 5.41) is 4.14. The van der Waals surface area contributed by atoms with Crippen LogP contribution in [0.25, 0.3) is 0 Å². The van der Waals surface area contributed by atoms with Gasteiger partial charge in [0.1, 0.15) is 5.54 Å². The van der Waals surface area contributed by atoms with Crippen LogP contribution < -0.4 is 5.32 Å². The molecule has 0 aromatic heterocycles. The van der Waals surface area contributed by atoms with Gasteiger partial charge in [0, 0.05) is 10.7 Å². The standard InChI is InChI=1S/C17H24ClNO2/c1-4-21-16(20)17(11-5-6-12(2)13(17)3)19-15-9-7-14(18)8-10-15/h7-10,12-13,19H,4-6,11H2,1-3H3. The lowest BCUT2D eigenvalue weighted by Gasteiger charge is -2.44. The molecule has 2 rings (SSSR count). The van der Waals surface area contributed by atoms with Crippen LogP contribution in [0.1, 0.15) is 40.0 Å². The largest absolute Gasteiger partial charge is 0.464 e. The van der Waals surface area contributed by atoms with E-state index >= 15 is 0 Å². The molecule has 0 bridgehead atoms. The number of anilines is 1. The van der Waals surface area contributed by atoms with E-state index in [1.54, 1.807) is 0 Å². The third-order valence-corrected chi connectivity index (χ3v) is 4.96. The SMILES string of the molecule is CCOC(=O)C1(Nc2ccc(Cl)cc2)CCCC(C)C1C. The molecule has 21 heavy (non-hydrogen) atoms. The average Bonchev–Trinajstić information content (AvgIpc) is 2.46. The van der Waals surface area contributed by atoms with Crippen LogP contribution in [0.4, 0.5) is 5.69 Å². The summed E-state index contributed by atoms with van der Waals surface area (Å²) in [6, 6.07) is 7.49. The number of carbonyl (C=O) groups is 1. The number of esters is 1. The molecule has 1 saturated carbocycles. The first kappa shape index (κ1) is 16.2. The van der Waals surface area contributed by atoms with Crippen LogP contribution >= 0.6 is 11.6 Å². The zero-order chi connectivity index (χ0) is 15.5. The Morgan fingerprint density at radius 1 is 1.38 bits per heavy atom. The van der Waals surface area contributed by atoms with Crippen molar-refractivity contribution in [1.82, 2.24) is 0 Å². The van der Waals surface area contributed by atoms with Crippen molar-refractivity contribution in [3.63, 3.8) is 0 Å². The summed E-state index contributed by atoms with van der Waals surface area (Å²) in [5.41, 5.74) is 0.273. The van der Waals surface area contributed by atoms with Crippen molar-refractivity contribution in [1.29, 1.82) is 0 Å². The summed E-state index contributed by atoms with van der Waals surface area (Å²) in [6.45, 7) is 6.61. The fourth-order valence-electron chi connectivity index (χ4n) is 3.23. The number of carbonyl (C=O) groups excluding carboxylic acids is 1. The molecule has 0 spiro atoms. The molecule has 1 N–H and O–H groups in total. The van der Waals surface area contributed by atoms with Crippen LogP contribution in [-0.2, 0) is 9.53 Å². The van der Waals surface area contributed by atoms with Gasteiger partial charge in [-0.2, -0.15) is 0 Å². The number of nitrogens with one attached hydrogen (secondary N) is 1. The lowest BCUT2D eigenvalue weighted by atomic mass is 9.68. The molecular formula is C17H24ClNO2. The van der Waals surface area contributed by atoms with Gasteiger partial charge in [-0.15, -0.1) is 0 Å². The molecule has 0 amide bonds. The number of hydrogen-bond donors (Lipinski definition) is 1. The Balaban J connectivity index is 2.31. The van der Waals surface area contributed by atoms with Crippen LogP contribution in [0, 0.1) is 11.8 Å². The highest BCUT2D eigenvalue weighted by Crippen LogP contribution is 2.41. The van der Waals surface area contributed by atoms with Crippen molar-refractivity contribution in [2.24, 2.45) is 11.8 Å². The average molecular weight is 310 g/mol. The normalized spacial score (nSPS) is 29.0. The third kappa shape index (κ3) is 3.34. The Kier molecular flexibility index (Phi) is 5.15. The number of hydrogen-bond acceptors (Lipinski definition) is 3. The van der Waals surface area contributed by atoms with Gasteiger partial charge in [-0.25, -0.2) is 4.79 Å². The van der Waals surface area contributed by atoms with Gasteiger partial charge in [-0.3, -0.25) is 0 Å². The lowest BCUT2D eigenvalue weighted by molar-refractivity contribution is -0.152. The van der Waals surface area contributed by atoms with Crippen molar-refractivity contribution in [3.05, 3.63) is 29.3 Å². The minimum absolute atomic E-state index is 0.140. The first-order valence-corrected chi connectivity index (χ1v) is 8.08. The lowest BCUT2D eigenvalue weighted by Crippen LogP contribution is -2.56. The van der Waals surface area contributed by atoms with Crippen molar-refractivity contribution < 1.29 is 9.53 Å². The van der Waals surface area contributed by atoms with Crippen molar-refractivity contribution in [2.75, 3.05) is 11.9 Å². The second kappa shape index (κ2) is 6.69. The third-order valence-electron chi connectivity index (χ3n) is 4.71. The first-order chi connectivity index (χ1) is 9.99. The van der Waals surface area contributed by atoms with E-state index in [2.05, 4.69) is 19.2 Å². The van der Waals surface area contributed by atoms with Crippen LogP contribution in [0.5, 0.6) is 0 Å². The molecular weight excluding hydrogens is 286 g/mol. The maximum absolute atomic E-state index is 12.6. The summed E-state index contributed by atoms with van der Waals surface area (Å²) in [6.07, 6.45) is 3.00. The molecule has 1 aliphatic carbocycles. The van der Waals surface area contributed by atoms with Crippen LogP contribution in [0.15, 0.2) is 24.3 Å². The molecule has 3 nitrogen and oxygen atoms in total. The van der Waals surface area contributed by atoms with E-state index in [1.165, 1.54) is 0 Å². The zero-order valence-electron chi connectivity index (χ0n) is 13.0. The Bertz CT molecular complexity index is 488. The van der Waals surface area contributed by atoms with Gasteiger partial charge in [-0.05, 0) is 49.4 Å². The van der Waals surface area contributed by atoms with Crippen LogP contribution in [-0.4, -0.2) is 18.1 Å². The molecule has 0 radical (unpaired) electrons. The molecule has 3 unspecified atom stereocenters. The van der Waals surface area contributed by atoms with Gasteiger partial charge in [0.2, 0.25) is 0 Å². The molecule has 0 heterocycles. The molecule has 0 aliphatic heterocycles. The number of benzene rings is 1. The van der Waals surface area contributed by atoms with E-state index in [9.17, 15) is 4.79 Å². The highest BCUT2D eigenvalue weighted by Gasteiger charge is 2.48. The minimum atomic E-state index is -0.637. The van der Waals surface area contributed by atoms with E-state index in [-0.39, 0.29) is 11.9 Å². The summed E-state index contributed by atoms with van der Waals surface area (Å²) < 4.78 is 5.37. The monoisotopic (exact) mass is 309 g/mol. The number of rotatable bonds is 4. The fourth-order valence-corrected chi connectivity index (χ4v) is 3.36. The first-order valence-electron chi connectivity index (χ1n) is 7.70. The quantitative estimate of drug-likeness (QED) is 0.832. The van der Waals surface area contributed by atoms with E-state index in [0.717, 1.165) is 24.9 Å². The Labute approximate surface area is 132 Å². The molecule has 1 aromatic carbocycles. The predicted octanol–water partition coefficient (Wildman–Crippen LogP) is 4.51. The molecule has 1 aromatic rings. The van der Waals surface area contributed by atoms with Crippen molar-refractivity contribution in [2.45, 2.75) is 45.6 Å². The topological polar surface area (TPSA) is 38.3 Å². The summed E-state index contributed by atoms with van der Waals surface area (Å²) in [4.78, 5) is 12.6. The van der Waals surface area contributed by atoms with Gasteiger partial charge in [0.05, 0.1) is 6.61 Å². The van der Waals surface area contributed by atoms with Gasteiger partial charge < -0.3 is 10.1 Å². The van der Waals surface area contributed by atoms with Gasteiger partial charge in [0.15, 0.2) is 0 Å². The maximum Gasteiger partial charge on any atom is 0.332 e. The summed E-state index contributed by atoms with van der Waals surface area (Å²) >= 11 is 5.93. The van der Waals surface area contributed by atoms with Gasteiger partial charge in [0.25, 0.3) is 0 Å². The second-order valence-corrected chi connectivity index (χ2v) is 6.42. The van der Waals surface area contributed by atoms with Gasteiger partial charge in [-0.1, -0.05) is 38.3 Å². The Morgan fingerprint density at radius 2 is 2.05 bits per heavy atom. The number of ether oxygens (including phenoxy) is 1. The van der Waals surface area contributed by atoms with Gasteiger partial charge >= 0.3 is 5.97 Å². The van der Waals surface area contributed by atoms with E-state index in [4.69, 9.17) is 16.3 Å². The zero-order valence-corrected chi connectivity index (χ0v) is 13.7. The van der Waals surface area contributed by atoms with Crippen LogP contribution in [0.2, 0.25) is 5.02 Å². The van der Waals surface area contributed by atoms with Crippen molar-refractivity contribution >= 4 is 23.3 Å². The molecule has 3 atom stereocenters. The molecule has 4 heteroatoms. The van der Waals surface area contributed by atoms with Crippen molar-refractivity contribution in [3.8, 4) is 0 Å². The summed E-state index contributed by atoms with van der Waals surface area (Å²) in [7, 11) is 0. The fraction of sp³-hybridized carbons (Fsp3) is 0.588. The molecule has 0 saturated heterocycles. The summed E-state index contributed by atoms with van der Waals surface area (Å²) in [5.74, 6) is 0.572. The molecule has 1 aliphatic rings. The molecule has 116 valence electrons. The number of halogens is 1. The highest BCUT2D eigenvalue weighted by molar-refractivity contribution is 6.30. The Hall–Kier alpha value is -1.22. The predicted molar refractivity (Wildman–Crippen MR) is 86.6 cm³/mol. The smallest absolute Gasteiger partial charge is 0.332 e. The van der Waals surface area contributed by atoms with E-state index < -0.39 is 5.54 Å². The van der Waals surface area contributed by atoms with E-state index in [0.29, 0.717) is 17.5 Å². The maximum atomic E-state index is 12.6. The highest BCUT2D eigenvalue weighted by atomic mass is 35.5.